The summed E-state index contributed by atoms with van der Waals surface area (Å²) in [5, 5.41) is 14.0. The van der Waals surface area contributed by atoms with Gasteiger partial charge in [-0.25, -0.2) is 0 Å². The third kappa shape index (κ3) is 4.25. The summed E-state index contributed by atoms with van der Waals surface area (Å²) in [5.41, 5.74) is 4.89. The van der Waals surface area contributed by atoms with E-state index < -0.39 is 29.9 Å². The highest BCUT2D eigenvalue weighted by atomic mass is 16.4. The van der Waals surface area contributed by atoms with E-state index in [1.807, 2.05) is 0 Å². The van der Waals surface area contributed by atoms with Crippen molar-refractivity contribution in [2.45, 2.75) is 70.4 Å². The van der Waals surface area contributed by atoms with Gasteiger partial charge in [-0.2, -0.15) is 0 Å². The summed E-state index contributed by atoms with van der Waals surface area (Å²) in [6.45, 7) is 1.57. The maximum Gasteiger partial charge on any atom is 0.303 e. The van der Waals surface area contributed by atoms with Gasteiger partial charge < -0.3 is 21.5 Å². The number of hydrogen-bond donors (Lipinski definition) is 4. The number of amides is 3. The van der Waals surface area contributed by atoms with E-state index in [4.69, 9.17) is 10.8 Å². The van der Waals surface area contributed by atoms with Gasteiger partial charge in [0.1, 0.15) is 12.1 Å². The molecule has 4 fully saturated rings. The second kappa shape index (κ2) is 7.48. The molecule has 0 radical (unpaired) electrons. The van der Waals surface area contributed by atoms with Gasteiger partial charge in [0.25, 0.3) is 0 Å². The smallest absolute Gasteiger partial charge is 0.303 e. The Kier molecular flexibility index (Phi) is 5.44. The van der Waals surface area contributed by atoms with Crippen molar-refractivity contribution >= 4 is 23.7 Å². The lowest BCUT2D eigenvalue weighted by Crippen LogP contribution is -2.58. The first-order valence-electron chi connectivity index (χ1n) is 9.81. The Hall–Kier alpha value is -2.12. The van der Waals surface area contributed by atoms with Crippen molar-refractivity contribution in [1.29, 1.82) is 0 Å². The van der Waals surface area contributed by atoms with Crippen molar-refractivity contribution < 1.29 is 24.3 Å². The predicted molar refractivity (Wildman–Crippen MR) is 96.2 cm³/mol. The predicted octanol–water partition coefficient (Wildman–Crippen LogP) is 0.542. The van der Waals surface area contributed by atoms with Crippen LogP contribution < -0.4 is 16.4 Å². The van der Waals surface area contributed by atoms with Crippen molar-refractivity contribution in [2.75, 3.05) is 0 Å². The average molecular weight is 379 g/mol. The zero-order valence-corrected chi connectivity index (χ0v) is 15.7. The van der Waals surface area contributed by atoms with Crippen molar-refractivity contribution in [3.63, 3.8) is 0 Å². The van der Waals surface area contributed by atoms with E-state index in [-0.39, 0.29) is 24.2 Å². The molecule has 0 aromatic rings. The van der Waals surface area contributed by atoms with Crippen molar-refractivity contribution in [3.05, 3.63) is 0 Å². The standard InChI is InChI=1S/C19H29N3O5/c1-10(17(26)22-14(16(20)25)2-3-15(23)24)21-18(27)19-7-11-4-12(8-19)6-13(5-11)9-19/h10-14H,2-9H2,1H3,(H2,20,25)(H,21,27)(H,22,26)(H,23,24)/t10-,11?,12?,13?,14+,19?/m0/s1. The zero-order chi connectivity index (χ0) is 19.8. The lowest BCUT2D eigenvalue weighted by molar-refractivity contribution is -0.148. The van der Waals surface area contributed by atoms with E-state index in [1.54, 1.807) is 6.92 Å². The minimum Gasteiger partial charge on any atom is -0.481 e. The van der Waals surface area contributed by atoms with Gasteiger partial charge in [0, 0.05) is 11.8 Å². The second-order valence-corrected chi connectivity index (χ2v) is 8.79. The third-order valence-corrected chi connectivity index (χ3v) is 6.57. The SMILES string of the molecule is C[C@H](NC(=O)C12CC3CC(CC(C3)C1)C2)C(=O)N[C@H](CCC(=O)O)C(N)=O. The highest BCUT2D eigenvalue weighted by Gasteiger charge is 2.54. The Morgan fingerprint density at radius 3 is 2.00 bits per heavy atom. The Bertz CT molecular complexity index is 612. The molecule has 4 aliphatic carbocycles. The molecule has 4 bridgehead atoms. The molecule has 150 valence electrons. The summed E-state index contributed by atoms with van der Waals surface area (Å²) in [7, 11) is 0. The van der Waals surface area contributed by atoms with Gasteiger partial charge >= 0.3 is 5.97 Å². The van der Waals surface area contributed by atoms with Gasteiger partial charge in [0.05, 0.1) is 0 Å². The number of carbonyl (C=O) groups excluding carboxylic acids is 3. The van der Waals surface area contributed by atoms with Gasteiger partial charge in [0.2, 0.25) is 17.7 Å². The molecule has 0 unspecified atom stereocenters. The van der Waals surface area contributed by atoms with Crippen LogP contribution in [0.3, 0.4) is 0 Å². The molecule has 2 atom stereocenters. The quantitative estimate of drug-likeness (QED) is 0.488. The van der Waals surface area contributed by atoms with Crippen LogP contribution in [0.2, 0.25) is 0 Å². The number of carboxylic acid groups (broad SMARTS) is 1. The Labute approximate surface area is 158 Å². The maximum absolute atomic E-state index is 13.0. The molecular formula is C19H29N3O5. The number of carbonyl (C=O) groups is 4. The number of hydrogen-bond acceptors (Lipinski definition) is 4. The molecular weight excluding hydrogens is 350 g/mol. The Morgan fingerprint density at radius 2 is 1.56 bits per heavy atom. The highest BCUT2D eigenvalue weighted by Crippen LogP contribution is 2.60. The van der Waals surface area contributed by atoms with E-state index in [1.165, 1.54) is 19.3 Å². The van der Waals surface area contributed by atoms with Crippen molar-refractivity contribution in [2.24, 2.45) is 28.9 Å². The van der Waals surface area contributed by atoms with Gasteiger partial charge in [-0.05, 0) is 69.6 Å². The first-order valence-corrected chi connectivity index (χ1v) is 9.81. The van der Waals surface area contributed by atoms with E-state index in [0.29, 0.717) is 17.8 Å². The van der Waals surface area contributed by atoms with Gasteiger partial charge in [-0.15, -0.1) is 0 Å². The van der Waals surface area contributed by atoms with Crippen LogP contribution in [-0.4, -0.2) is 40.9 Å². The lowest BCUT2D eigenvalue weighted by atomic mass is 9.49. The lowest BCUT2D eigenvalue weighted by Gasteiger charge is -2.55. The van der Waals surface area contributed by atoms with Crippen LogP contribution in [0.5, 0.6) is 0 Å². The fourth-order valence-corrected chi connectivity index (χ4v) is 5.65. The summed E-state index contributed by atoms with van der Waals surface area (Å²) in [4.78, 5) is 47.5. The molecule has 0 heterocycles. The Morgan fingerprint density at radius 1 is 1.04 bits per heavy atom. The fraction of sp³-hybridized carbons (Fsp3) is 0.789. The molecule has 0 spiro atoms. The topological polar surface area (TPSA) is 139 Å². The Balaban J connectivity index is 1.57. The molecule has 8 heteroatoms. The highest BCUT2D eigenvalue weighted by molar-refractivity contribution is 5.93. The van der Waals surface area contributed by atoms with Crippen molar-refractivity contribution in [3.8, 4) is 0 Å². The molecule has 5 N–H and O–H groups in total. The van der Waals surface area contributed by atoms with Crippen LogP contribution in [0.4, 0.5) is 0 Å². The van der Waals surface area contributed by atoms with E-state index in [2.05, 4.69) is 10.6 Å². The maximum atomic E-state index is 13.0. The molecule has 0 saturated heterocycles. The largest absolute Gasteiger partial charge is 0.481 e. The zero-order valence-electron chi connectivity index (χ0n) is 15.7. The van der Waals surface area contributed by atoms with Crippen molar-refractivity contribution in [1.82, 2.24) is 10.6 Å². The number of nitrogens with one attached hydrogen (secondary N) is 2. The summed E-state index contributed by atoms with van der Waals surface area (Å²) in [5.74, 6) is -0.570. The van der Waals surface area contributed by atoms with Crippen LogP contribution in [0.25, 0.3) is 0 Å². The molecule has 0 aromatic carbocycles. The summed E-state index contributed by atoms with van der Waals surface area (Å²) in [6, 6.07) is -1.87. The van der Waals surface area contributed by atoms with Gasteiger partial charge in [-0.3, -0.25) is 19.2 Å². The van der Waals surface area contributed by atoms with Crippen LogP contribution in [0.15, 0.2) is 0 Å². The number of rotatable bonds is 8. The fourth-order valence-electron chi connectivity index (χ4n) is 5.65. The average Bonchev–Trinajstić information content (AvgIpc) is 2.56. The molecule has 4 aliphatic rings. The summed E-state index contributed by atoms with van der Waals surface area (Å²) in [6.07, 6.45) is 6.05. The number of aliphatic carboxylic acids is 1. The minimum absolute atomic E-state index is 0.0644. The summed E-state index contributed by atoms with van der Waals surface area (Å²) >= 11 is 0. The third-order valence-electron chi connectivity index (χ3n) is 6.57. The molecule has 4 saturated carbocycles. The van der Waals surface area contributed by atoms with Gasteiger partial charge in [0.15, 0.2) is 0 Å². The number of primary amides is 1. The second-order valence-electron chi connectivity index (χ2n) is 8.79. The summed E-state index contributed by atoms with van der Waals surface area (Å²) < 4.78 is 0. The van der Waals surface area contributed by atoms with Crippen LogP contribution >= 0.6 is 0 Å². The first kappa shape index (κ1) is 19.6. The monoisotopic (exact) mass is 379 g/mol. The molecule has 8 nitrogen and oxygen atoms in total. The van der Waals surface area contributed by atoms with E-state index in [0.717, 1.165) is 19.3 Å². The molecule has 0 aliphatic heterocycles. The first-order chi connectivity index (χ1) is 12.7. The molecule has 27 heavy (non-hydrogen) atoms. The number of carboxylic acids is 1. The molecule has 4 rings (SSSR count). The molecule has 0 aromatic heterocycles. The van der Waals surface area contributed by atoms with Gasteiger partial charge in [-0.1, -0.05) is 0 Å². The van der Waals surface area contributed by atoms with E-state index >= 15 is 0 Å². The van der Waals surface area contributed by atoms with Crippen LogP contribution in [0, 0.1) is 23.2 Å². The minimum atomic E-state index is -1.07. The van der Waals surface area contributed by atoms with Crippen LogP contribution in [0.1, 0.15) is 58.3 Å². The van der Waals surface area contributed by atoms with E-state index in [9.17, 15) is 19.2 Å². The normalized spacial score (nSPS) is 33.1. The number of nitrogens with two attached hydrogens (primary N) is 1. The van der Waals surface area contributed by atoms with Crippen LogP contribution in [-0.2, 0) is 19.2 Å². The molecule has 3 amide bonds.